The first-order chi connectivity index (χ1) is 12.5. The number of ether oxygens (including phenoxy) is 1. The van der Waals surface area contributed by atoms with Gasteiger partial charge in [0, 0.05) is 56.3 Å². The van der Waals surface area contributed by atoms with Gasteiger partial charge in [-0.05, 0) is 24.6 Å². The van der Waals surface area contributed by atoms with Crippen LogP contribution in [-0.2, 0) is 4.74 Å². The van der Waals surface area contributed by atoms with E-state index in [1.807, 2.05) is 4.90 Å². The van der Waals surface area contributed by atoms with Gasteiger partial charge in [0.15, 0.2) is 0 Å². The van der Waals surface area contributed by atoms with Gasteiger partial charge in [-0.2, -0.15) is 0 Å². The van der Waals surface area contributed by atoms with E-state index in [1.54, 1.807) is 7.05 Å². The number of carbonyl (C=O) groups is 1. The largest absolute Gasteiger partial charge is 0.370 e. The van der Waals surface area contributed by atoms with Gasteiger partial charge in [0.1, 0.15) is 17.7 Å². The van der Waals surface area contributed by atoms with Crippen LogP contribution >= 0.6 is 0 Å². The maximum absolute atomic E-state index is 14.0. The van der Waals surface area contributed by atoms with Crippen LogP contribution in [0, 0.1) is 17.6 Å². The zero-order valence-corrected chi connectivity index (χ0v) is 14.7. The highest BCUT2D eigenvalue weighted by molar-refractivity contribution is 5.74. The zero-order valence-electron chi connectivity index (χ0n) is 14.7. The van der Waals surface area contributed by atoms with E-state index in [0.717, 1.165) is 31.3 Å². The molecule has 0 spiro atoms. The first-order valence-electron chi connectivity index (χ1n) is 9.02. The summed E-state index contributed by atoms with van der Waals surface area (Å²) >= 11 is 0. The Labute approximate surface area is 151 Å². The number of halogens is 2. The fraction of sp³-hybridized carbons (Fsp3) is 0.611. The highest BCUT2D eigenvalue weighted by Crippen LogP contribution is 2.38. The van der Waals surface area contributed by atoms with Crippen molar-refractivity contribution in [1.29, 1.82) is 0 Å². The van der Waals surface area contributed by atoms with Crippen LogP contribution in [0.15, 0.2) is 18.2 Å². The number of nitrogens with two attached hydrogens (primary N) is 1. The second-order valence-electron chi connectivity index (χ2n) is 7.46. The molecule has 26 heavy (non-hydrogen) atoms. The minimum absolute atomic E-state index is 0.0439. The number of fused-ring (bicyclic) bond motifs is 1. The Hall–Kier alpha value is -1.77. The first-order valence-corrected chi connectivity index (χ1v) is 9.02. The number of amides is 2. The van der Waals surface area contributed by atoms with E-state index < -0.39 is 23.8 Å². The molecule has 1 aromatic carbocycles. The molecule has 0 saturated carbocycles. The maximum atomic E-state index is 14.0. The fourth-order valence-corrected chi connectivity index (χ4v) is 4.55. The third-order valence-electron chi connectivity index (χ3n) is 5.91. The van der Waals surface area contributed by atoms with Crippen LogP contribution in [0.25, 0.3) is 0 Å². The number of hydrogen-bond acceptors (Lipinski definition) is 4. The van der Waals surface area contributed by atoms with Gasteiger partial charge in [0.2, 0.25) is 0 Å². The molecule has 6 nitrogen and oxygen atoms in total. The lowest BCUT2D eigenvalue weighted by Gasteiger charge is -2.50. The average Bonchev–Trinajstić information content (AvgIpc) is 2.94. The summed E-state index contributed by atoms with van der Waals surface area (Å²) in [5.74, 6) is -0.501. The van der Waals surface area contributed by atoms with Gasteiger partial charge in [-0.25, -0.2) is 13.6 Å². The SMILES string of the molecule is CNC(=O)N1CC2CN([C@H]3CO[C@H](c4cc(F)ccc4F)[C@@H](N)C3)C2C1. The molecule has 3 saturated heterocycles. The number of benzene rings is 1. The summed E-state index contributed by atoms with van der Waals surface area (Å²) in [5, 5.41) is 2.67. The standard InChI is InChI=1S/C18H24F2N4O2/c1-22-18(25)23-6-10-7-24(16(10)8-23)12-5-15(21)17(26-9-12)13-4-11(19)2-3-14(13)20/h2-4,10,12,15-17H,5-9,21H2,1H3,(H,22,25)/t10?,12-,15+,16?,17-/m1/s1. The van der Waals surface area contributed by atoms with Gasteiger partial charge in [-0.15, -0.1) is 0 Å². The Morgan fingerprint density at radius 2 is 2.12 bits per heavy atom. The summed E-state index contributed by atoms with van der Waals surface area (Å²) in [4.78, 5) is 16.0. The molecule has 0 bridgehead atoms. The molecule has 3 aliphatic rings. The van der Waals surface area contributed by atoms with E-state index in [4.69, 9.17) is 10.5 Å². The minimum Gasteiger partial charge on any atom is -0.370 e. The van der Waals surface area contributed by atoms with Crippen molar-refractivity contribution in [3.8, 4) is 0 Å². The summed E-state index contributed by atoms with van der Waals surface area (Å²) in [5.41, 5.74) is 6.44. The van der Waals surface area contributed by atoms with E-state index in [1.165, 1.54) is 0 Å². The molecule has 2 amide bonds. The summed E-state index contributed by atoms with van der Waals surface area (Å²) in [6.07, 6.45) is 0.0223. The van der Waals surface area contributed by atoms with Crippen LogP contribution < -0.4 is 11.1 Å². The number of nitrogens with one attached hydrogen (secondary N) is 1. The number of hydrogen-bond donors (Lipinski definition) is 2. The quantitative estimate of drug-likeness (QED) is 0.822. The second-order valence-corrected chi connectivity index (χ2v) is 7.46. The van der Waals surface area contributed by atoms with Gasteiger partial charge in [-0.3, -0.25) is 4.90 Å². The van der Waals surface area contributed by atoms with Gasteiger partial charge < -0.3 is 20.7 Å². The minimum atomic E-state index is -0.634. The summed E-state index contributed by atoms with van der Waals surface area (Å²) in [6, 6.07) is 3.39. The van der Waals surface area contributed by atoms with Crippen molar-refractivity contribution in [2.45, 2.75) is 30.7 Å². The molecule has 4 rings (SSSR count). The number of urea groups is 1. The molecular formula is C18H24F2N4O2. The van der Waals surface area contributed by atoms with Gasteiger partial charge in [0.25, 0.3) is 0 Å². The number of likely N-dealkylation sites (tertiary alicyclic amines) is 2. The molecule has 3 heterocycles. The van der Waals surface area contributed by atoms with Gasteiger partial charge in [-0.1, -0.05) is 0 Å². The van der Waals surface area contributed by atoms with Crippen LogP contribution in [0.5, 0.6) is 0 Å². The Morgan fingerprint density at radius 3 is 2.85 bits per heavy atom. The van der Waals surface area contributed by atoms with Crippen molar-refractivity contribution >= 4 is 6.03 Å². The Kier molecular flexibility index (Phi) is 4.58. The molecule has 2 unspecified atom stereocenters. The van der Waals surface area contributed by atoms with Gasteiger partial charge in [0.05, 0.1) is 6.61 Å². The van der Waals surface area contributed by atoms with E-state index >= 15 is 0 Å². The van der Waals surface area contributed by atoms with Crippen molar-refractivity contribution in [3.63, 3.8) is 0 Å². The van der Waals surface area contributed by atoms with E-state index in [-0.39, 0.29) is 17.6 Å². The predicted molar refractivity (Wildman–Crippen MR) is 91.4 cm³/mol. The summed E-state index contributed by atoms with van der Waals surface area (Å²) < 4.78 is 33.4. The molecule has 0 aromatic heterocycles. The van der Waals surface area contributed by atoms with Crippen LogP contribution in [0.4, 0.5) is 13.6 Å². The number of rotatable bonds is 2. The molecule has 142 valence electrons. The Bertz CT molecular complexity index is 704. The third-order valence-corrected chi connectivity index (χ3v) is 5.91. The monoisotopic (exact) mass is 366 g/mol. The van der Waals surface area contributed by atoms with Crippen LogP contribution in [0.3, 0.4) is 0 Å². The van der Waals surface area contributed by atoms with Crippen molar-refractivity contribution in [1.82, 2.24) is 15.1 Å². The molecule has 1 aromatic rings. The van der Waals surface area contributed by atoms with Crippen LogP contribution in [0.2, 0.25) is 0 Å². The van der Waals surface area contributed by atoms with E-state index in [9.17, 15) is 13.6 Å². The van der Waals surface area contributed by atoms with Crippen LogP contribution in [0.1, 0.15) is 18.1 Å². The highest BCUT2D eigenvalue weighted by Gasteiger charge is 2.50. The molecule has 5 atom stereocenters. The van der Waals surface area contributed by atoms with Gasteiger partial charge >= 0.3 is 6.03 Å². The lowest BCUT2D eigenvalue weighted by atomic mass is 9.86. The number of nitrogens with zero attached hydrogens (tertiary/aromatic N) is 2. The molecule has 8 heteroatoms. The van der Waals surface area contributed by atoms with Crippen molar-refractivity contribution in [2.24, 2.45) is 11.7 Å². The van der Waals surface area contributed by atoms with Crippen molar-refractivity contribution in [2.75, 3.05) is 33.3 Å². The number of carbonyl (C=O) groups excluding carboxylic acids is 1. The maximum Gasteiger partial charge on any atom is 0.317 e. The summed E-state index contributed by atoms with van der Waals surface area (Å²) in [6.45, 7) is 2.82. The highest BCUT2D eigenvalue weighted by atomic mass is 19.1. The van der Waals surface area contributed by atoms with Crippen molar-refractivity contribution in [3.05, 3.63) is 35.4 Å². The van der Waals surface area contributed by atoms with Crippen LogP contribution in [-0.4, -0.2) is 67.2 Å². The average molecular weight is 366 g/mol. The normalized spacial score (nSPS) is 34.3. The molecule has 3 aliphatic heterocycles. The van der Waals surface area contributed by atoms with E-state index in [2.05, 4.69) is 10.2 Å². The predicted octanol–water partition coefficient (Wildman–Crippen LogP) is 1.08. The first kappa shape index (κ1) is 17.6. The summed E-state index contributed by atoms with van der Waals surface area (Å²) in [7, 11) is 1.64. The molecule has 3 fully saturated rings. The molecule has 0 aliphatic carbocycles. The smallest absolute Gasteiger partial charge is 0.317 e. The zero-order chi connectivity index (χ0) is 18.4. The van der Waals surface area contributed by atoms with Crippen molar-refractivity contribution < 1.29 is 18.3 Å². The lowest BCUT2D eigenvalue weighted by molar-refractivity contribution is -0.0936. The lowest BCUT2D eigenvalue weighted by Crippen LogP contribution is -2.63. The molecule has 3 N–H and O–H groups in total. The third kappa shape index (κ3) is 2.95. The Balaban J connectivity index is 1.39. The molecular weight excluding hydrogens is 342 g/mol. The van der Waals surface area contributed by atoms with E-state index in [0.29, 0.717) is 31.5 Å². The molecule has 0 radical (unpaired) electrons. The second kappa shape index (κ2) is 6.75. The topological polar surface area (TPSA) is 70.8 Å². The Morgan fingerprint density at radius 1 is 1.31 bits per heavy atom. The fourth-order valence-electron chi connectivity index (χ4n) is 4.55.